The van der Waals surface area contributed by atoms with Gasteiger partial charge in [0.25, 0.3) is 5.56 Å². The summed E-state index contributed by atoms with van der Waals surface area (Å²) in [6.07, 6.45) is -4.38. The highest BCUT2D eigenvalue weighted by molar-refractivity contribution is 7.66. The van der Waals surface area contributed by atoms with Crippen LogP contribution >= 0.6 is 23.5 Å². The number of nitrogens with zero attached hydrogens (tertiary/aromatic N) is 1. The second-order valence-corrected chi connectivity index (χ2v) is 10.5. The normalized spacial score (nSPS) is 28.2. The van der Waals surface area contributed by atoms with Crippen LogP contribution in [0.3, 0.4) is 0 Å². The topological polar surface area (TPSA) is 253 Å². The number of aromatic nitrogens is 2. The van der Waals surface area contributed by atoms with Crippen molar-refractivity contribution in [1.29, 1.82) is 0 Å². The van der Waals surface area contributed by atoms with Crippen molar-refractivity contribution in [3.8, 4) is 0 Å². The third-order valence-electron chi connectivity index (χ3n) is 3.82. The van der Waals surface area contributed by atoms with Crippen molar-refractivity contribution in [1.82, 2.24) is 9.55 Å². The van der Waals surface area contributed by atoms with Crippen molar-refractivity contribution in [2.45, 2.75) is 31.5 Å². The lowest BCUT2D eigenvalue weighted by molar-refractivity contribution is -0.0620. The standard InChI is InChI=1S/C11H19N2O15P3/c1-5-3-13(11(16)12-9(5)15)10-8(24-2)7(14)6(26-10)4-25-30(20,21)28-31(22,23)27-29(17,18)19/h3,6-8,10,14H,4H2,1-2H3,(H,20,21)(H,22,23)(H,12,15,16)(H2,17,18,19). The van der Waals surface area contributed by atoms with E-state index in [1.165, 1.54) is 14.0 Å². The van der Waals surface area contributed by atoms with Crippen LogP contribution in [0, 0.1) is 6.92 Å². The van der Waals surface area contributed by atoms with Crippen LogP contribution in [0.2, 0.25) is 0 Å². The zero-order chi connectivity index (χ0) is 23.8. The Hall–Kier alpha value is -1.03. The van der Waals surface area contributed by atoms with E-state index in [1.54, 1.807) is 0 Å². The minimum Gasteiger partial charge on any atom is -0.387 e. The smallest absolute Gasteiger partial charge is 0.387 e. The molecule has 1 aromatic rings. The number of H-pyrrole nitrogens is 1. The van der Waals surface area contributed by atoms with Gasteiger partial charge in [-0.2, -0.15) is 8.62 Å². The Kier molecular flexibility index (Phi) is 7.99. The maximum absolute atomic E-state index is 12.1. The number of aliphatic hydroxyl groups excluding tert-OH is 1. The third-order valence-corrected chi connectivity index (χ3v) is 7.63. The monoisotopic (exact) mass is 512 g/mol. The van der Waals surface area contributed by atoms with Crippen LogP contribution < -0.4 is 11.2 Å². The highest BCUT2D eigenvalue weighted by atomic mass is 31.3. The van der Waals surface area contributed by atoms with Gasteiger partial charge in [-0.25, -0.2) is 18.5 Å². The first-order chi connectivity index (χ1) is 14.1. The minimum absolute atomic E-state index is 0.129. The molecule has 1 fully saturated rings. The summed E-state index contributed by atoms with van der Waals surface area (Å²) in [6, 6.07) is 0. The van der Waals surface area contributed by atoms with E-state index in [4.69, 9.17) is 24.2 Å². The zero-order valence-corrected chi connectivity index (χ0v) is 18.4. The fourth-order valence-corrected chi connectivity index (χ4v) is 5.61. The fourth-order valence-electron chi connectivity index (χ4n) is 2.58. The minimum atomic E-state index is -5.72. The van der Waals surface area contributed by atoms with Gasteiger partial charge in [0.15, 0.2) is 6.23 Å². The highest BCUT2D eigenvalue weighted by Crippen LogP contribution is 2.66. The van der Waals surface area contributed by atoms with Crippen LogP contribution in [-0.2, 0) is 36.3 Å². The second kappa shape index (κ2) is 9.45. The average Bonchev–Trinajstić information content (AvgIpc) is 2.88. The highest BCUT2D eigenvalue weighted by Gasteiger charge is 2.47. The first kappa shape index (κ1) is 26.2. The van der Waals surface area contributed by atoms with Gasteiger partial charge in [-0.15, -0.1) is 0 Å². The van der Waals surface area contributed by atoms with E-state index in [0.717, 1.165) is 10.8 Å². The molecule has 1 saturated heterocycles. The van der Waals surface area contributed by atoms with Gasteiger partial charge in [-0.05, 0) is 6.92 Å². The number of nitrogens with one attached hydrogen (secondary N) is 1. The summed E-state index contributed by atoms with van der Waals surface area (Å²) in [4.78, 5) is 61.2. The van der Waals surface area contributed by atoms with Crippen molar-refractivity contribution < 1.29 is 61.0 Å². The summed E-state index contributed by atoms with van der Waals surface area (Å²) in [7, 11) is -15.6. The largest absolute Gasteiger partial charge is 0.490 e. The number of hydrogen-bond acceptors (Lipinski definition) is 11. The molecule has 0 bridgehead atoms. The molecular formula is C11H19N2O15P3. The van der Waals surface area contributed by atoms with Crippen LogP contribution in [0.1, 0.15) is 11.8 Å². The first-order valence-electron chi connectivity index (χ1n) is 8.02. The summed E-state index contributed by atoms with van der Waals surface area (Å²) in [5.74, 6) is 0. The molecule has 31 heavy (non-hydrogen) atoms. The SMILES string of the molecule is COC1C(O)C(COP(=O)(O)OP(=O)(O)OP(=O)(O)O)OC1n1cc(C)c(=O)[nH]c1=O. The van der Waals surface area contributed by atoms with Gasteiger partial charge in [0, 0.05) is 18.9 Å². The van der Waals surface area contributed by atoms with Crippen molar-refractivity contribution in [2.24, 2.45) is 0 Å². The summed E-state index contributed by atoms with van der Waals surface area (Å²) in [6.45, 7) is 0.438. The average molecular weight is 512 g/mol. The molecule has 2 rings (SSSR count). The van der Waals surface area contributed by atoms with Crippen LogP contribution in [0.15, 0.2) is 15.8 Å². The number of methoxy groups -OCH3 is 1. The summed E-state index contributed by atoms with van der Waals surface area (Å²) >= 11 is 0. The Bertz CT molecular complexity index is 1060. The molecule has 1 aliphatic rings. The summed E-state index contributed by atoms with van der Waals surface area (Å²) in [5, 5.41) is 10.3. The summed E-state index contributed by atoms with van der Waals surface area (Å²) < 4.78 is 56.7. The number of aliphatic hydroxyl groups is 1. The lowest BCUT2D eigenvalue weighted by atomic mass is 10.1. The van der Waals surface area contributed by atoms with Gasteiger partial charge in [-0.1, -0.05) is 0 Å². The Labute approximate surface area is 172 Å². The molecule has 1 aliphatic heterocycles. The number of phosphoric ester groups is 1. The molecule has 0 spiro atoms. The van der Waals surface area contributed by atoms with Gasteiger partial charge in [0.1, 0.15) is 18.3 Å². The molecule has 17 nitrogen and oxygen atoms in total. The van der Waals surface area contributed by atoms with Crippen LogP contribution in [0.5, 0.6) is 0 Å². The Morgan fingerprint density at radius 2 is 1.74 bits per heavy atom. The number of ether oxygens (including phenoxy) is 2. The van der Waals surface area contributed by atoms with Crippen molar-refractivity contribution in [3.05, 3.63) is 32.6 Å². The Morgan fingerprint density at radius 3 is 2.29 bits per heavy atom. The zero-order valence-electron chi connectivity index (χ0n) is 15.7. The molecule has 0 amide bonds. The summed E-state index contributed by atoms with van der Waals surface area (Å²) in [5.41, 5.74) is -1.43. The lowest BCUT2D eigenvalue weighted by Gasteiger charge is -2.20. The van der Waals surface area contributed by atoms with Crippen LogP contribution in [-0.4, -0.2) is 66.3 Å². The molecule has 0 radical (unpaired) electrons. The fraction of sp³-hybridized carbons (Fsp3) is 0.636. The Balaban J connectivity index is 2.14. The van der Waals surface area contributed by atoms with E-state index in [1.807, 2.05) is 4.98 Å². The molecule has 20 heteroatoms. The molecule has 0 aliphatic carbocycles. The molecule has 6 atom stereocenters. The number of aromatic amines is 1. The lowest BCUT2D eigenvalue weighted by Crippen LogP contribution is -2.39. The third kappa shape index (κ3) is 6.97. The molecule has 0 saturated carbocycles. The van der Waals surface area contributed by atoms with Gasteiger partial charge in [-0.3, -0.25) is 18.9 Å². The van der Waals surface area contributed by atoms with E-state index >= 15 is 0 Å². The maximum Gasteiger partial charge on any atom is 0.490 e. The number of phosphoric acid groups is 3. The van der Waals surface area contributed by atoms with Gasteiger partial charge < -0.3 is 34.2 Å². The van der Waals surface area contributed by atoms with Gasteiger partial charge in [0.05, 0.1) is 6.61 Å². The number of aryl methyl sites for hydroxylation is 1. The predicted molar refractivity (Wildman–Crippen MR) is 96.6 cm³/mol. The van der Waals surface area contributed by atoms with E-state index in [0.29, 0.717) is 0 Å². The maximum atomic E-state index is 12.1. The van der Waals surface area contributed by atoms with E-state index in [2.05, 4.69) is 13.1 Å². The molecule has 178 valence electrons. The van der Waals surface area contributed by atoms with Crippen molar-refractivity contribution in [2.75, 3.05) is 13.7 Å². The second-order valence-electron chi connectivity index (χ2n) is 6.12. The molecule has 6 N–H and O–H groups in total. The molecule has 0 aromatic carbocycles. The van der Waals surface area contributed by atoms with Crippen molar-refractivity contribution >= 4 is 23.5 Å². The molecule has 1 aromatic heterocycles. The van der Waals surface area contributed by atoms with E-state index in [-0.39, 0.29) is 5.56 Å². The van der Waals surface area contributed by atoms with Crippen LogP contribution in [0.4, 0.5) is 0 Å². The molecule has 2 heterocycles. The van der Waals surface area contributed by atoms with Gasteiger partial charge >= 0.3 is 29.2 Å². The number of rotatable bonds is 9. The van der Waals surface area contributed by atoms with E-state index in [9.17, 15) is 33.3 Å². The predicted octanol–water partition coefficient (Wildman–Crippen LogP) is -1.54. The molecular weight excluding hydrogens is 493 g/mol. The Morgan fingerprint density at radius 1 is 1.13 bits per heavy atom. The van der Waals surface area contributed by atoms with Crippen molar-refractivity contribution in [3.63, 3.8) is 0 Å². The van der Waals surface area contributed by atoms with E-state index < -0.39 is 65.9 Å². The quantitative estimate of drug-likeness (QED) is 0.205. The molecule has 6 unspecified atom stereocenters. The van der Waals surface area contributed by atoms with Crippen LogP contribution in [0.25, 0.3) is 0 Å². The first-order valence-corrected chi connectivity index (χ1v) is 12.5. The van der Waals surface area contributed by atoms with Gasteiger partial charge in [0.2, 0.25) is 0 Å². The number of hydrogen-bond donors (Lipinski definition) is 6.